The summed E-state index contributed by atoms with van der Waals surface area (Å²) in [7, 11) is 1.59. The molecule has 1 aliphatic rings. The van der Waals surface area contributed by atoms with E-state index < -0.39 is 0 Å². The van der Waals surface area contributed by atoms with Crippen LogP contribution >= 0.6 is 11.3 Å². The molecular formula is C18H19N3O5S. The van der Waals surface area contributed by atoms with Crippen molar-refractivity contribution in [2.24, 2.45) is 0 Å². The zero-order chi connectivity index (χ0) is 18.8. The van der Waals surface area contributed by atoms with Crippen LogP contribution in [0.2, 0.25) is 0 Å². The zero-order valence-electron chi connectivity index (χ0n) is 14.9. The highest BCUT2D eigenvalue weighted by atomic mass is 32.1. The van der Waals surface area contributed by atoms with Crippen LogP contribution in [0.15, 0.2) is 28.9 Å². The first-order valence-electron chi connectivity index (χ1n) is 8.48. The summed E-state index contributed by atoms with van der Waals surface area (Å²) in [4.78, 5) is 20.9. The molecule has 0 unspecified atom stereocenters. The molecule has 1 amide bonds. The molecule has 1 saturated heterocycles. The van der Waals surface area contributed by atoms with Gasteiger partial charge in [-0.2, -0.15) is 0 Å². The predicted octanol–water partition coefficient (Wildman–Crippen LogP) is 2.32. The number of rotatable bonds is 6. The van der Waals surface area contributed by atoms with E-state index in [4.69, 9.17) is 18.6 Å². The van der Waals surface area contributed by atoms with Gasteiger partial charge < -0.3 is 23.9 Å². The molecule has 3 aromatic rings. The Labute approximate surface area is 159 Å². The van der Waals surface area contributed by atoms with Crippen LogP contribution in [0.3, 0.4) is 0 Å². The summed E-state index contributed by atoms with van der Waals surface area (Å²) in [5, 5.41) is 3.85. The van der Waals surface area contributed by atoms with Gasteiger partial charge in [-0.1, -0.05) is 0 Å². The molecule has 142 valence electrons. The van der Waals surface area contributed by atoms with Crippen LogP contribution < -0.4 is 10.1 Å². The Balaban J connectivity index is 1.36. The quantitative estimate of drug-likeness (QED) is 0.691. The number of amides is 1. The van der Waals surface area contributed by atoms with Crippen molar-refractivity contribution in [3.63, 3.8) is 0 Å². The summed E-state index contributed by atoms with van der Waals surface area (Å²) < 4.78 is 22.8. The van der Waals surface area contributed by atoms with Gasteiger partial charge in [0.1, 0.15) is 18.1 Å². The summed E-state index contributed by atoms with van der Waals surface area (Å²) in [5.41, 5.74) is 1.09. The Kier molecular flexibility index (Phi) is 5.06. The van der Waals surface area contributed by atoms with Crippen molar-refractivity contribution in [3.05, 3.63) is 41.1 Å². The molecule has 0 bridgehead atoms. The second-order valence-corrected chi connectivity index (χ2v) is 7.40. The first-order chi connectivity index (χ1) is 13.1. The maximum atomic E-state index is 12.3. The van der Waals surface area contributed by atoms with Gasteiger partial charge in [0.2, 0.25) is 5.89 Å². The molecule has 1 N–H and O–H groups in total. The Morgan fingerprint density at radius 1 is 1.37 bits per heavy atom. The van der Waals surface area contributed by atoms with Gasteiger partial charge in [-0.3, -0.25) is 4.79 Å². The van der Waals surface area contributed by atoms with Crippen molar-refractivity contribution in [1.82, 2.24) is 15.3 Å². The zero-order valence-corrected chi connectivity index (χ0v) is 15.7. The number of hydrogen-bond acceptors (Lipinski definition) is 8. The average molecular weight is 389 g/mol. The molecule has 2 atom stereocenters. The number of nitrogens with zero attached hydrogens (tertiary/aromatic N) is 2. The van der Waals surface area contributed by atoms with Crippen molar-refractivity contribution in [2.45, 2.75) is 25.7 Å². The van der Waals surface area contributed by atoms with Crippen LogP contribution in [0.4, 0.5) is 0 Å². The minimum atomic E-state index is -0.332. The first kappa shape index (κ1) is 17.9. The molecule has 3 heterocycles. The summed E-state index contributed by atoms with van der Waals surface area (Å²) in [5.74, 6) is 0.658. The molecular weight excluding hydrogens is 370 g/mol. The number of methoxy groups -OCH3 is 1. The van der Waals surface area contributed by atoms with Gasteiger partial charge in [-0.15, -0.1) is 11.3 Å². The number of benzene rings is 1. The number of carbonyl (C=O) groups is 1. The molecule has 0 spiro atoms. The first-order valence-corrected chi connectivity index (χ1v) is 9.30. The van der Waals surface area contributed by atoms with E-state index in [1.807, 2.05) is 25.1 Å². The van der Waals surface area contributed by atoms with E-state index in [2.05, 4.69) is 15.3 Å². The predicted molar refractivity (Wildman–Crippen MR) is 98.1 cm³/mol. The van der Waals surface area contributed by atoms with Crippen molar-refractivity contribution >= 4 is 27.5 Å². The van der Waals surface area contributed by atoms with Crippen LogP contribution in [0.5, 0.6) is 5.75 Å². The largest absolute Gasteiger partial charge is 0.484 e. The van der Waals surface area contributed by atoms with E-state index in [-0.39, 0.29) is 30.4 Å². The van der Waals surface area contributed by atoms with E-state index in [0.717, 1.165) is 15.2 Å². The van der Waals surface area contributed by atoms with Crippen LogP contribution in [0, 0.1) is 6.92 Å². The monoisotopic (exact) mass is 389 g/mol. The van der Waals surface area contributed by atoms with Gasteiger partial charge in [0.05, 0.1) is 34.5 Å². The number of ether oxygens (including phenoxy) is 3. The van der Waals surface area contributed by atoms with Crippen LogP contribution in [0.1, 0.15) is 21.4 Å². The standard InChI is InChI=1S/C18H19N3O5S/c1-10-19-12-5-11(3-4-16(12)27-10)25-9-17-20-14(7-26-17)18(22)21-13-6-24-8-15(13)23-2/h3-5,7,13,15H,6,8-9H2,1-2H3,(H,21,22)/t13-,15-/m1/s1. The highest BCUT2D eigenvalue weighted by Gasteiger charge is 2.30. The fourth-order valence-electron chi connectivity index (χ4n) is 2.88. The highest BCUT2D eigenvalue weighted by molar-refractivity contribution is 7.18. The molecule has 4 rings (SSSR count). The van der Waals surface area contributed by atoms with E-state index in [1.54, 1.807) is 18.4 Å². The summed E-state index contributed by atoms with van der Waals surface area (Å²) in [6, 6.07) is 5.52. The Bertz CT molecular complexity index is 954. The van der Waals surface area contributed by atoms with Crippen LogP contribution in [-0.2, 0) is 16.1 Å². The molecule has 0 saturated carbocycles. The van der Waals surface area contributed by atoms with Crippen molar-refractivity contribution in [1.29, 1.82) is 0 Å². The third-order valence-corrected chi connectivity index (χ3v) is 5.21. The van der Waals surface area contributed by atoms with Gasteiger partial charge in [0.25, 0.3) is 5.91 Å². The number of nitrogens with one attached hydrogen (secondary N) is 1. The van der Waals surface area contributed by atoms with Crippen molar-refractivity contribution in [3.8, 4) is 5.75 Å². The number of fused-ring (bicyclic) bond motifs is 1. The molecule has 2 aromatic heterocycles. The maximum Gasteiger partial charge on any atom is 0.273 e. The lowest BCUT2D eigenvalue weighted by Gasteiger charge is -2.16. The van der Waals surface area contributed by atoms with E-state index in [0.29, 0.717) is 24.9 Å². The molecule has 1 fully saturated rings. The molecule has 9 heteroatoms. The second kappa shape index (κ2) is 7.63. The highest BCUT2D eigenvalue weighted by Crippen LogP contribution is 2.26. The minimum absolute atomic E-state index is 0.120. The number of aryl methyl sites for hydroxylation is 1. The van der Waals surface area contributed by atoms with Crippen LogP contribution in [0.25, 0.3) is 10.2 Å². The Morgan fingerprint density at radius 3 is 3.11 bits per heavy atom. The summed E-state index contributed by atoms with van der Waals surface area (Å²) in [6.45, 7) is 2.96. The number of hydrogen-bond donors (Lipinski definition) is 1. The molecule has 8 nitrogen and oxygen atoms in total. The normalized spacial score (nSPS) is 19.5. The topological polar surface area (TPSA) is 95.7 Å². The number of thiazole rings is 1. The lowest BCUT2D eigenvalue weighted by Crippen LogP contribution is -2.43. The molecule has 27 heavy (non-hydrogen) atoms. The third kappa shape index (κ3) is 3.95. The van der Waals surface area contributed by atoms with Gasteiger partial charge in [-0.25, -0.2) is 9.97 Å². The van der Waals surface area contributed by atoms with E-state index in [1.165, 1.54) is 6.26 Å². The maximum absolute atomic E-state index is 12.3. The SMILES string of the molecule is CO[C@@H]1COC[C@H]1NC(=O)c1coc(COc2ccc3sc(C)nc3c2)n1. The average Bonchev–Trinajstić information content (AvgIpc) is 3.38. The van der Waals surface area contributed by atoms with Gasteiger partial charge in [0, 0.05) is 13.2 Å². The molecule has 1 aliphatic heterocycles. The Morgan fingerprint density at radius 2 is 2.26 bits per heavy atom. The number of aromatic nitrogens is 2. The number of oxazole rings is 1. The third-order valence-electron chi connectivity index (χ3n) is 4.26. The second-order valence-electron chi connectivity index (χ2n) is 6.17. The lowest BCUT2D eigenvalue weighted by atomic mass is 10.2. The van der Waals surface area contributed by atoms with Crippen LogP contribution in [-0.4, -0.2) is 48.3 Å². The molecule has 0 radical (unpaired) electrons. The number of carbonyl (C=O) groups excluding carboxylic acids is 1. The van der Waals surface area contributed by atoms with Crippen molar-refractivity contribution in [2.75, 3.05) is 20.3 Å². The smallest absolute Gasteiger partial charge is 0.273 e. The molecule has 1 aromatic carbocycles. The minimum Gasteiger partial charge on any atom is -0.484 e. The van der Waals surface area contributed by atoms with Gasteiger partial charge >= 0.3 is 0 Å². The van der Waals surface area contributed by atoms with Crippen molar-refractivity contribution < 1.29 is 23.4 Å². The lowest BCUT2D eigenvalue weighted by molar-refractivity contribution is 0.0684. The Hall–Kier alpha value is -2.49. The summed E-state index contributed by atoms with van der Waals surface area (Å²) >= 11 is 1.64. The molecule has 0 aliphatic carbocycles. The summed E-state index contributed by atoms with van der Waals surface area (Å²) in [6.07, 6.45) is 1.16. The van der Waals surface area contributed by atoms with Gasteiger partial charge in [0.15, 0.2) is 12.3 Å². The fraction of sp³-hybridized carbons (Fsp3) is 0.389. The fourth-order valence-corrected chi connectivity index (χ4v) is 3.69. The van der Waals surface area contributed by atoms with Gasteiger partial charge in [-0.05, 0) is 19.1 Å². The van der Waals surface area contributed by atoms with E-state index in [9.17, 15) is 4.79 Å². The van der Waals surface area contributed by atoms with E-state index >= 15 is 0 Å².